The van der Waals surface area contributed by atoms with Crippen molar-refractivity contribution in [1.82, 2.24) is 4.90 Å². The first kappa shape index (κ1) is 12.4. The molecule has 1 unspecified atom stereocenters. The molecule has 1 aromatic carbocycles. The molecule has 0 spiro atoms. The van der Waals surface area contributed by atoms with Crippen molar-refractivity contribution in [3.05, 3.63) is 29.8 Å². The number of anilines is 1. The average Bonchev–Trinajstić information content (AvgIpc) is 2.32. The Bertz CT molecular complexity index is 359. The normalized spacial score (nSPS) is 20.4. The van der Waals surface area contributed by atoms with Gasteiger partial charge in [-0.1, -0.05) is 19.1 Å². The Morgan fingerprint density at radius 2 is 2.12 bits per heavy atom. The van der Waals surface area contributed by atoms with E-state index in [0.29, 0.717) is 5.69 Å². The third-order valence-electron chi connectivity index (χ3n) is 3.60. The van der Waals surface area contributed by atoms with Gasteiger partial charge >= 0.3 is 0 Å². The molecule has 0 radical (unpaired) electrons. The van der Waals surface area contributed by atoms with Crippen LogP contribution in [0, 0.1) is 5.92 Å². The number of nitrogens with zero attached hydrogens (tertiary/aromatic N) is 1. The fourth-order valence-corrected chi connectivity index (χ4v) is 2.36. The number of benzene rings is 1. The zero-order valence-electron chi connectivity index (χ0n) is 10.5. The van der Waals surface area contributed by atoms with Crippen LogP contribution in [-0.2, 0) is 0 Å². The number of nitrogen functional groups attached to an aromatic ring is 1. The molecule has 1 aliphatic heterocycles. The largest absolute Gasteiger partial charge is 0.399 e. The van der Waals surface area contributed by atoms with Gasteiger partial charge < -0.3 is 15.7 Å². The number of likely N-dealkylation sites (tertiary alicyclic amines) is 1. The minimum atomic E-state index is -0.424. The highest BCUT2D eigenvalue weighted by molar-refractivity contribution is 5.41. The number of rotatable bonds is 3. The summed E-state index contributed by atoms with van der Waals surface area (Å²) in [6.07, 6.45) is 2.06. The summed E-state index contributed by atoms with van der Waals surface area (Å²) in [5.74, 6) is 0.829. The van der Waals surface area contributed by atoms with Crippen LogP contribution in [0.2, 0.25) is 0 Å². The number of nitrogens with two attached hydrogens (primary N) is 1. The van der Waals surface area contributed by atoms with Crippen molar-refractivity contribution in [3.63, 3.8) is 0 Å². The molecule has 2 rings (SSSR count). The lowest BCUT2D eigenvalue weighted by Gasteiger charge is -2.31. The standard InChI is InChI=1S/C14H22N2O/c1-11-5-7-16(8-6-11)10-14(17)12-3-2-4-13(15)9-12/h2-4,9,11,14,17H,5-8,10,15H2,1H3. The maximum absolute atomic E-state index is 10.2. The van der Waals surface area contributed by atoms with Gasteiger partial charge in [-0.3, -0.25) is 0 Å². The molecule has 0 aromatic heterocycles. The second-order valence-corrected chi connectivity index (χ2v) is 5.17. The van der Waals surface area contributed by atoms with E-state index in [0.717, 1.165) is 31.1 Å². The highest BCUT2D eigenvalue weighted by Gasteiger charge is 2.19. The molecule has 0 bridgehead atoms. The third-order valence-corrected chi connectivity index (χ3v) is 3.60. The van der Waals surface area contributed by atoms with Crippen molar-refractivity contribution < 1.29 is 5.11 Å². The van der Waals surface area contributed by atoms with E-state index in [1.165, 1.54) is 12.8 Å². The van der Waals surface area contributed by atoms with Crippen LogP contribution in [0.5, 0.6) is 0 Å². The van der Waals surface area contributed by atoms with Gasteiger partial charge in [0.25, 0.3) is 0 Å². The van der Waals surface area contributed by atoms with Crippen LogP contribution in [0.4, 0.5) is 5.69 Å². The van der Waals surface area contributed by atoms with Gasteiger partial charge in [-0.15, -0.1) is 0 Å². The van der Waals surface area contributed by atoms with E-state index in [1.807, 2.05) is 24.3 Å². The zero-order chi connectivity index (χ0) is 12.3. The second kappa shape index (κ2) is 5.52. The van der Waals surface area contributed by atoms with Crippen LogP contribution in [0.15, 0.2) is 24.3 Å². The maximum atomic E-state index is 10.2. The van der Waals surface area contributed by atoms with E-state index < -0.39 is 6.10 Å². The fraction of sp³-hybridized carbons (Fsp3) is 0.571. The zero-order valence-corrected chi connectivity index (χ0v) is 10.5. The number of β-amino-alcohol motifs (C(OH)–C–C–N with tert-alkyl or cyclic N) is 1. The van der Waals surface area contributed by atoms with Gasteiger partial charge in [0.2, 0.25) is 0 Å². The first-order chi connectivity index (χ1) is 8.15. The van der Waals surface area contributed by atoms with Crippen LogP contribution >= 0.6 is 0 Å². The molecule has 1 aromatic rings. The summed E-state index contributed by atoms with van der Waals surface area (Å²) in [5.41, 5.74) is 7.36. The summed E-state index contributed by atoms with van der Waals surface area (Å²) >= 11 is 0. The fourth-order valence-electron chi connectivity index (χ4n) is 2.36. The van der Waals surface area contributed by atoms with Gasteiger partial charge in [-0.25, -0.2) is 0 Å². The molecule has 0 aliphatic carbocycles. The summed E-state index contributed by atoms with van der Waals surface area (Å²) < 4.78 is 0. The molecular formula is C14H22N2O. The molecule has 3 heteroatoms. The first-order valence-corrected chi connectivity index (χ1v) is 6.41. The summed E-state index contributed by atoms with van der Waals surface area (Å²) in [4.78, 5) is 2.34. The Morgan fingerprint density at radius 3 is 2.76 bits per heavy atom. The van der Waals surface area contributed by atoms with Gasteiger partial charge in [0.1, 0.15) is 0 Å². The van der Waals surface area contributed by atoms with E-state index in [1.54, 1.807) is 0 Å². The summed E-state index contributed by atoms with van der Waals surface area (Å²) in [6, 6.07) is 7.54. The maximum Gasteiger partial charge on any atom is 0.0917 e. The molecule has 3 nitrogen and oxygen atoms in total. The van der Waals surface area contributed by atoms with Gasteiger partial charge in [0.05, 0.1) is 6.10 Å². The molecule has 1 heterocycles. The number of hydrogen-bond acceptors (Lipinski definition) is 3. The third kappa shape index (κ3) is 3.45. The Morgan fingerprint density at radius 1 is 1.41 bits per heavy atom. The molecule has 3 N–H and O–H groups in total. The number of aliphatic hydroxyl groups is 1. The molecule has 0 amide bonds. The average molecular weight is 234 g/mol. The SMILES string of the molecule is CC1CCN(CC(O)c2cccc(N)c2)CC1. The minimum absolute atomic E-state index is 0.424. The summed E-state index contributed by atoms with van der Waals surface area (Å²) in [6.45, 7) is 5.21. The van der Waals surface area contributed by atoms with Gasteiger partial charge in [-0.2, -0.15) is 0 Å². The molecule has 1 saturated heterocycles. The van der Waals surface area contributed by atoms with Crippen LogP contribution in [0.3, 0.4) is 0 Å². The lowest BCUT2D eigenvalue weighted by molar-refractivity contribution is 0.0916. The van der Waals surface area contributed by atoms with Gasteiger partial charge in [-0.05, 0) is 49.5 Å². The van der Waals surface area contributed by atoms with Crippen LogP contribution in [0.25, 0.3) is 0 Å². The van der Waals surface area contributed by atoms with E-state index >= 15 is 0 Å². The Balaban J connectivity index is 1.90. The first-order valence-electron chi connectivity index (χ1n) is 6.41. The van der Waals surface area contributed by atoms with E-state index in [2.05, 4.69) is 11.8 Å². The Kier molecular flexibility index (Phi) is 4.02. The number of piperidine rings is 1. The van der Waals surface area contributed by atoms with E-state index in [-0.39, 0.29) is 0 Å². The summed E-state index contributed by atoms with van der Waals surface area (Å²) in [7, 11) is 0. The second-order valence-electron chi connectivity index (χ2n) is 5.17. The quantitative estimate of drug-likeness (QED) is 0.787. The van der Waals surface area contributed by atoms with Crippen molar-refractivity contribution in [3.8, 4) is 0 Å². The van der Waals surface area contributed by atoms with Crippen molar-refractivity contribution in [2.45, 2.75) is 25.9 Å². The molecule has 17 heavy (non-hydrogen) atoms. The van der Waals surface area contributed by atoms with E-state index in [4.69, 9.17) is 5.73 Å². The Hall–Kier alpha value is -1.06. The number of hydrogen-bond donors (Lipinski definition) is 2. The topological polar surface area (TPSA) is 49.5 Å². The van der Waals surface area contributed by atoms with Gasteiger partial charge in [0, 0.05) is 12.2 Å². The van der Waals surface area contributed by atoms with Crippen LogP contribution < -0.4 is 5.73 Å². The predicted molar refractivity (Wildman–Crippen MR) is 70.7 cm³/mol. The van der Waals surface area contributed by atoms with Crippen molar-refractivity contribution >= 4 is 5.69 Å². The number of aliphatic hydroxyl groups excluding tert-OH is 1. The Labute approximate surface area is 103 Å². The smallest absolute Gasteiger partial charge is 0.0917 e. The predicted octanol–water partition coefficient (Wildman–Crippen LogP) is 2.03. The van der Waals surface area contributed by atoms with Crippen molar-refractivity contribution in [2.24, 2.45) is 5.92 Å². The van der Waals surface area contributed by atoms with Gasteiger partial charge in [0.15, 0.2) is 0 Å². The molecular weight excluding hydrogens is 212 g/mol. The monoisotopic (exact) mass is 234 g/mol. The molecule has 1 fully saturated rings. The lowest BCUT2D eigenvalue weighted by Crippen LogP contribution is -2.35. The molecule has 0 saturated carbocycles. The van der Waals surface area contributed by atoms with Crippen molar-refractivity contribution in [1.29, 1.82) is 0 Å². The highest BCUT2D eigenvalue weighted by atomic mass is 16.3. The van der Waals surface area contributed by atoms with Crippen molar-refractivity contribution in [2.75, 3.05) is 25.4 Å². The molecule has 94 valence electrons. The van der Waals surface area contributed by atoms with Crippen LogP contribution in [-0.4, -0.2) is 29.6 Å². The van der Waals surface area contributed by atoms with E-state index in [9.17, 15) is 5.11 Å². The minimum Gasteiger partial charge on any atom is -0.399 e. The molecule has 1 atom stereocenters. The lowest BCUT2D eigenvalue weighted by atomic mass is 9.98. The summed E-state index contributed by atoms with van der Waals surface area (Å²) in [5, 5.41) is 10.2. The molecule has 1 aliphatic rings. The van der Waals surface area contributed by atoms with Crippen LogP contribution in [0.1, 0.15) is 31.4 Å². The highest BCUT2D eigenvalue weighted by Crippen LogP contribution is 2.21.